The molecule has 0 spiro atoms. The van der Waals surface area contributed by atoms with E-state index in [1.807, 2.05) is 0 Å². The topological polar surface area (TPSA) is 237 Å². The summed E-state index contributed by atoms with van der Waals surface area (Å²) >= 11 is 0. The molecule has 0 bridgehead atoms. The van der Waals surface area contributed by atoms with Crippen LogP contribution in [-0.2, 0) is 65.4 Å². The van der Waals surface area contributed by atoms with Crippen molar-refractivity contribution in [3.05, 3.63) is 0 Å². The Balaban J connectivity index is 5.18. The lowest BCUT2D eigenvalue weighted by Crippen LogP contribution is -2.30. The van der Waals surface area contributed by atoms with Gasteiger partial charge >= 0.3 is 39.5 Å². The molecule has 0 aromatic rings. The molecule has 0 aliphatic rings. The van der Waals surface area contributed by atoms with Gasteiger partial charge in [-0.2, -0.15) is 0 Å². The van der Waals surface area contributed by atoms with Crippen molar-refractivity contribution < 1.29 is 80.2 Å². The van der Waals surface area contributed by atoms with E-state index in [2.05, 4.69) is 34.6 Å². The third-order valence-electron chi connectivity index (χ3n) is 16.8. The van der Waals surface area contributed by atoms with Gasteiger partial charge in [-0.25, -0.2) is 9.13 Å². The lowest BCUT2D eigenvalue weighted by molar-refractivity contribution is -0.161. The molecule has 0 aliphatic heterocycles. The predicted octanol–water partition coefficient (Wildman–Crippen LogP) is 20.9. The number of aliphatic hydroxyl groups is 1. The average molecular weight is 1340 g/mol. The van der Waals surface area contributed by atoms with Gasteiger partial charge in [-0.05, 0) is 31.6 Å². The number of esters is 4. The molecule has 0 fully saturated rings. The van der Waals surface area contributed by atoms with Crippen molar-refractivity contribution in [2.45, 2.75) is 393 Å². The number of hydrogen-bond acceptors (Lipinski definition) is 15. The molecule has 0 saturated carbocycles. The van der Waals surface area contributed by atoms with Crippen molar-refractivity contribution in [3.8, 4) is 0 Å². The van der Waals surface area contributed by atoms with Crippen molar-refractivity contribution >= 4 is 39.5 Å². The van der Waals surface area contributed by atoms with Crippen LogP contribution < -0.4 is 0 Å². The Morgan fingerprint density at radius 3 is 0.747 bits per heavy atom. The number of hydrogen-bond donors (Lipinski definition) is 3. The second kappa shape index (κ2) is 65.4. The summed E-state index contributed by atoms with van der Waals surface area (Å²) in [6.45, 7) is 7.16. The van der Waals surface area contributed by atoms with Gasteiger partial charge in [0.2, 0.25) is 0 Å². The molecule has 0 saturated heterocycles. The fourth-order valence-electron chi connectivity index (χ4n) is 11.0. The van der Waals surface area contributed by atoms with E-state index in [4.69, 9.17) is 37.0 Å². The average Bonchev–Trinajstić information content (AvgIpc) is 3.69. The number of phosphoric ester groups is 2. The maximum atomic E-state index is 13.0. The molecule has 0 heterocycles. The first kappa shape index (κ1) is 89.1. The summed E-state index contributed by atoms with van der Waals surface area (Å²) in [5.74, 6) is -1.43. The van der Waals surface area contributed by atoms with Gasteiger partial charge in [-0.15, -0.1) is 0 Å². The van der Waals surface area contributed by atoms with Crippen molar-refractivity contribution in [1.82, 2.24) is 0 Å². The highest BCUT2D eigenvalue weighted by Gasteiger charge is 2.30. The minimum atomic E-state index is -4.95. The van der Waals surface area contributed by atoms with E-state index in [0.717, 1.165) is 103 Å². The molecule has 5 atom stereocenters. The number of carbonyl (C=O) groups is 4. The van der Waals surface area contributed by atoms with Gasteiger partial charge in [0.05, 0.1) is 26.4 Å². The maximum Gasteiger partial charge on any atom is 0.472 e. The van der Waals surface area contributed by atoms with Crippen LogP contribution in [0.4, 0.5) is 0 Å². The Labute approximate surface area is 556 Å². The first-order valence-corrected chi connectivity index (χ1v) is 40.6. The minimum absolute atomic E-state index is 0.103. The number of carbonyl (C=O) groups excluding carboxylic acids is 4. The lowest BCUT2D eigenvalue weighted by Gasteiger charge is -2.21. The Bertz CT molecular complexity index is 1750. The molecular formula is C72H140O17P2. The van der Waals surface area contributed by atoms with E-state index < -0.39 is 97.5 Å². The molecule has 0 aromatic carbocycles. The Morgan fingerprint density at radius 2 is 0.505 bits per heavy atom. The zero-order valence-corrected chi connectivity index (χ0v) is 60.8. The van der Waals surface area contributed by atoms with Crippen LogP contribution >= 0.6 is 15.6 Å². The summed E-state index contributed by atoms with van der Waals surface area (Å²) in [5.41, 5.74) is 0. The van der Waals surface area contributed by atoms with Crippen LogP contribution in [0.3, 0.4) is 0 Å². The monoisotopic (exact) mass is 1340 g/mol. The Hall–Kier alpha value is -1.94. The summed E-state index contributed by atoms with van der Waals surface area (Å²) in [7, 11) is -9.90. The molecule has 2 unspecified atom stereocenters. The van der Waals surface area contributed by atoms with E-state index in [9.17, 15) is 43.2 Å². The summed E-state index contributed by atoms with van der Waals surface area (Å²) in [4.78, 5) is 72.5. The second-order valence-electron chi connectivity index (χ2n) is 26.5. The van der Waals surface area contributed by atoms with Crippen molar-refractivity contribution in [3.63, 3.8) is 0 Å². The number of rotatable bonds is 72. The fraction of sp³-hybridized carbons (Fsp3) is 0.944. The van der Waals surface area contributed by atoms with Crippen LogP contribution in [0.5, 0.6) is 0 Å². The van der Waals surface area contributed by atoms with E-state index in [1.54, 1.807) is 0 Å². The van der Waals surface area contributed by atoms with Crippen molar-refractivity contribution in [1.29, 1.82) is 0 Å². The first-order chi connectivity index (χ1) is 44.0. The van der Waals surface area contributed by atoms with Crippen molar-refractivity contribution in [2.24, 2.45) is 5.92 Å². The van der Waals surface area contributed by atoms with Gasteiger partial charge in [-0.1, -0.05) is 324 Å². The second-order valence-corrected chi connectivity index (χ2v) is 29.4. The van der Waals surface area contributed by atoms with E-state index in [-0.39, 0.29) is 25.7 Å². The molecule has 0 aromatic heterocycles. The van der Waals surface area contributed by atoms with Crippen LogP contribution in [0.25, 0.3) is 0 Å². The molecular weight excluding hydrogens is 1200 g/mol. The molecule has 91 heavy (non-hydrogen) atoms. The van der Waals surface area contributed by atoms with Gasteiger partial charge in [0.15, 0.2) is 12.2 Å². The zero-order valence-electron chi connectivity index (χ0n) is 59.0. The molecule has 0 radical (unpaired) electrons. The van der Waals surface area contributed by atoms with Gasteiger partial charge in [0.25, 0.3) is 0 Å². The highest BCUT2D eigenvalue weighted by Crippen LogP contribution is 2.45. The lowest BCUT2D eigenvalue weighted by atomic mass is 10.0. The molecule has 540 valence electrons. The number of phosphoric acid groups is 2. The molecule has 0 rings (SSSR count). The molecule has 3 N–H and O–H groups in total. The first-order valence-electron chi connectivity index (χ1n) is 37.6. The fourth-order valence-corrected chi connectivity index (χ4v) is 12.6. The van der Waals surface area contributed by atoms with Crippen LogP contribution in [0.15, 0.2) is 0 Å². The van der Waals surface area contributed by atoms with Gasteiger partial charge in [0.1, 0.15) is 19.3 Å². The normalized spacial score (nSPS) is 14.0. The zero-order chi connectivity index (χ0) is 67.0. The minimum Gasteiger partial charge on any atom is -0.462 e. The van der Waals surface area contributed by atoms with Crippen LogP contribution in [0.1, 0.15) is 375 Å². The summed E-state index contributed by atoms with van der Waals surface area (Å²) in [6, 6.07) is 0. The third-order valence-corrected chi connectivity index (χ3v) is 18.7. The van der Waals surface area contributed by atoms with E-state index >= 15 is 0 Å². The molecule has 0 aliphatic carbocycles. The summed E-state index contributed by atoms with van der Waals surface area (Å²) < 4.78 is 68.2. The van der Waals surface area contributed by atoms with Crippen LogP contribution in [0, 0.1) is 5.92 Å². The number of unbranched alkanes of at least 4 members (excludes halogenated alkanes) is 44. The third kappa shape index (κ3) is 66.5. The highest BCUT2D eigenvalue weighted by molar-refractivity contribution is 7.47. The smallest absolute Gasteiger partial charge is 0.462 e. The standard InChI is InChI=1S/C72H140O17P2/c1-6-9-12-15-18-20-22-24-26-28-30-32-34-36-41-46-51-56-70(75)83-62-68(88-71(76)57-52-47-42-37-35-33-31-29-27-25-23-21-19-16-13-10-7-2)64-87-91(80,81)85-60-66(73)59-84-90(78,79)86-63-67(61-82-69(74)55-50-45-39-17-14-11-8-3)89-72(77)58-53-48-43-38-40-44-49-54-65(4)5/h65-68,73H,6-64H2,1-5H3,(H,78,79)(H,80,81)/t66-,67+,68+/m0/s1. The Kier molecular flexibility index (Phi) is 64.0. The van der Waals surface area contributed by atoms with Crippen LogP contribution in [-0.4, -0.2) is 96.7 Å². The number of ether oxygens (including phenoxy) is 4. The van der Waals surface area contributed by atoms with Gasteiger partial charge in [-0.3, -0.25) is 37.3 Å². The molecule has 19 heteroatoms. The van der Waals surface area contributed by atoms with Crippen molar-refractivity contribution in [2.75, 3.05) is 39.6 Å². The van der Waals surface area contributed by atoms with Crippen LogP contribution in [0.2, 0.25) is 0 Å². The predicted molar refractivity (Wildman–Crippen MR) is 368 cm³/mol. The summed E-state index contributed by atoms with van der Waals surface area (Å²) in [5, 5.41) is 10.6. The van der Waals surface area contributed by atoms with Gasteiger partial charge < -0.3 is 33.8 Å². The largest absolute Gasteiger partial charge is 0.472 e. The maximum absolute atomic E-state index is 13.0. The quantitative estimate of drug-likeness (QED) is 0.0222. The Morgan fingerprint density at radius 1 is 0.297 bits per heavy atom. The van der Waals surface area contributed by atoms with E-state index in [0.29, 0.717) is 31.6 Å². The van der Waals surface area contributed by atoms with Gasteiger partial charge in [0, 0.05) is 25.7 Å². The SMILES string of the molecule is CCCCCCCCCCCCCCCCCCCC(=O)OC[C@H](COP(=O)(O)OC[C@@H](O)COP(=O)(O)OC[C@@H](COC(=O)CCCCCCCCC)OC(=O)CCCCCCCCCC(C)C)OC(=O)CCCCCCCCCCCCCCCCCCC. The highest BCUT2D eigenvalue weighted by atomic mass is 31.2. The number of aliphatic hydroxyl groups excluding tert-OH is 1. The molecule has 0 amide bonds. The molecule has 17 nitrogen and oxygen atoms in total. The summed E-state index contributed by atoms with van der Waals surface area (Å²) in [6.07, 6.45) is 53.0. The van der Waals surface area contributed by atoms with E-state index in [1.165, 1.54) is 186 Å².